The van der Waals surface area contributed by atoms with Crippen LogP contribution in [0.25, 0.3) is 0 Å². The number of ether oxygens (including phenoxy) is 2. The fraction of sp³-hybridized carbons (Fsp3) is 0.562. The van der Waals surface area contributed by atoms with Crippen molar-refractivity contribution in [3.05, 3.63) is 29.3 Å². The van der Waals surface area contributed by atoms with Crippen LogP contribution in [0.2, 0.25) is 5.02 Å². The number of sulfonamides is 1. The molecule has 1 aliphatic heterocycles. The van der Waals surface area contributed by atoms with Gasteiger partial charge < -0.3 is 9.47 Å². The first-order chi connectivity index (χ1) is 12.3. The maximum Gasteiger partial charge on any atom is 0.250 e. The molecule has 10 heteroatoms. The molecule has 146 valence electrons. The Morgan fingerprint density at radius 3 is 2.54 bits per heavy atom. The molecule has 1 amide bonds. The Morgan fingerprint density at radius 2 is 1.96 bits per heavy atom. The number of hydroxylamine groups is 1. The second kappa shape index (κ2) is 9.01. The van der Waals surface area contributed by atoms with Crippen LogP contribution in [0.3, 0.4) is 0 Å². The van der Waals surface area contributed by atoms with Gasteiger partial charge in [-0.15, -0.1) is 0 Å². The average Bonchev–Trinajstić information content (AvgIpc) is 2.63. The lowest BCUT2D eigenvalue weighted by Crippen LogP contribution is -2.50. The Labute approximate surface area is 158 Å². The van der Waals surface area contributed by atoms with Gasteiger partial charge in [-0.2, -0.15) is 0 Å². The van der Waals surface area contributed by atoms with Gasteiger partial charge in [-0.3, -0.25) is 10.0 Å². The molecule has 1 saturated heterocycles. The normalized spacial score (nSPS) is 17.1. The van der Waals surface area contributed by atoms with E-state index in [0.717, 1.165) is 4.31 Å². The molecule has 1 aromatic carbocycles. The predicted octanol–water partition coefficient (Wildman–Crippen LogP) is 1.28. The average molecular weight is 407 g/mol. The second-order valence-electron chi connectivity index (χ2n) is 6.21. The first-order valence-corrected chi connectivity index (χ1v) is 10.1. The van der Waals surface area contributed by atoms with E-state index in [9.17, 15) is 13.2 Å². The first kappa shape index (κ1) is 20.9. The summed E-state index contributed by atoms with van der Waals surface area (Å²) in [5.74, 6) is -0.511. The number of nitrogens with zero attached hydrogens (tertiary/aromatic N) is 1. The summed E-state index contributed by atoms with van der Waals surface area (Å²) in [5.41, 5.74) is 0.396. The number of hydrogen-bond acceptors (Lipinski definition) is 6. The van der Waals surface area contributed by atoms with Crippen molar-refractivity contribution in [2.45, 2.75) is 12.8 Å². The lowest BCUT2D eigenvalue weighted by molar-refractivity contribution is -0.143. The van der Waals surface area contributed by atoms with Crippen molar-refractivity contribution in [1.82, 2.24) is 9.79 Å². The fourth-order valence-corrected chi connectivity index (χ4v) is 4.56. The van der Waals surface area contributed by atoms with Gasteiger partial charge in [0.05, 0.1) is 11.2 Å². The zero-order valence-corrected chi connectivity index (χ0v) is 16.1. The van der Waals surface area contributed by atoms with Gasteiger partial charge in [-0.25, -0.2) is 18.2 Å². The number of carbonyl (C=O) groups is 1. The molecule has 1 aliphatic rings. The zero-order valence-electron chi connectivity index (χ0n) is 14.5. The Kier molecular flexibility index (Phi) is 7.24. The number of halogens is 1. The molecule has 1 heterocycles. The van der Waals surface area contributed by atoms with Gasteiger partial charge in [0.15, 0.2) is 0 Å². The monoisotopic (exact) mass is 406 g/mol. The van der Waals surface area contributed by atoms with Crippen molar-refractivity contribution in [1.29, 1.82) is 0 Å². The number of nitrogens with one attached hydrogen (secondary N) is 1. The van der Waals surface area contributed by atoms with Crippen LogP contribution in [-0.4, -0.2) is 63.0 Å². The van der Waals surface area contributed by atoms with E-state index in [1.807, 2.05) is 0 Å². The van der Waals surface area contributed by atoms with E-state index in [4.69, 9.17) is 26.3 Å². The van der Waals surface area contributed by atoms with Gasteiger partial charge in [0.2, 0.25) is 10.0 Å². The van der Waals surface area contributed by atoms with E-state index in [0.29, 0.717) is 10.8 Å². The SMILES string of the molecule is CN(CCOc1ccc(Cl)cc1)S(=O)(=O)CC1(C(=O)NO)CCOCC1. The standard InChI is InChI=1S/C16H23ClN2O6S/c1-19(8-11-25-14-4-2-13(17)3-5-14)26(22,23)12-16(15(20)18-21)6-9-24-10-7-16/h2-5,21H,6-12H2,1H3,(H,18,20). The lowest BCUT2D eigenvalue weighted by atomic mass is 9.81. The van der Waals surface area contributed by atoms with Crippen molar-refractivity contribution in [3.8, 4) is 5.75 Å². The molecular formula is C16H23ClN2O6S. The molecule has 26 heavy (non-hydrogen) atoms. The molecular weight excluding hydrogens is 384 g/mol. The van der Waals surface area contributed by atoms with E-state index in [1.54, 1.807) is 29.7 Å². The number of amides is 1. The van der Waals surface area contributed by atoms with Gasteiger partial charge in [0.25, 0.3) is 5.91 Å². The summed E-state index contributed by atoms with van der Waals surface area (Å²) in [6, 6.07) is 6.75. The highest BCUT2D eigenvalue weighted by atomic mass is 35.5. The Bertz CT molecular complexity index is 704. The van der Waals surface area contributed by atoms with Crippen molar-refractivity contribution in [3.63, 3.8) is 0 Å². The summed E-state index contributed by atoms with van der Waals surface area (Å²) < 4.78 is 37.2. The van der Waals surface area contributed by atoms with Gasteiger partial charge in [0.1, 0.15) is 12.4 Å². The highest BCUT2D eigenvalue weighted by Gasteiger charge is 2.44. The lowest BCUT2D eigenvalue weighted by Gasteiger charge is -2.35. The minimum absolute atomic E-state index is 0.123. The maximum atomic E-state index is 12.7. The van der Waals surface area contributed by atoms with Gasteiger partial charge >= 0.3 is 0 Å². The topological polar surface area (TPSA) is 105 Å². The Hall–Kier alpha value is -1.39. The van der Waals surface area contributed by atoms with Crippen LogP contribution in [0.15, 0.2) is 24.3 Å². The fourth-order valence-electron chi connectivity index (χ4n) is 2.74. The number of carbonyl (C=O) groups excluding carboxylic acids is 1. The van der Waals surface area contributed by atoms with Gasteiger partial charge in [0, 0.05) is 31.8 Å². The number of hydrogen-bond donors (Lipinski definition) is 2. The van der Waals surface area contributed by atoms with Crippen LogP contribution in [0, 0.1) is 5.41 Å². The Morgan fingerprint density at radius 1 is 1.35 bits per heavy atom. The van der Waals surface area contributed by atoms with Gasteiger partial charge in [-0.1, -0.05) is 11.6 Å². The van der Waals surface area contributed by atoms with Crippen LogP contribution in [0.4, 0.5) is 0 Å². The summed E-state index contributed by atoms with van der Waals surface area (Å²) in [5, 5.41) is 9.58. The Balaban J connectivity index is 1.96. The van der Waals surface area contributed by atoms with Crippen molar-refractivity contribution in [2.75, 3.05) is 39.2 Å². The third-order valence-electron chi connectivity index (χ3n) is 4.46. The van der Waals surface area contributed by atoms with Crippen molar-refractivity contribution < 1.29 is 27.9 Å². The van der Waals surface area contributed by atoms with Crippen LogP contribution in [0.5, 0.6) is 5.75 Å². The molecule has 8 nitrogen and oxygen atoms in total. The number of benzene rings is 1. The summed E-state index contributed by atoms with van der Waals surface area (Å²) in [4.78, 5) is 12.1. The molecule has 0 unspecified atom stereocenters. The van der Waals surface area contributed by atoms with Gasteiger partial charge in [-0.05, 0) is 37.1 Å². The predicted molar refractivity (Wildman–Crippen MR) is 95.8 cm³/mol. The maximum absolute atomic E-state index is 12.7. The molecule has 1 aromatic rings. The molecule has 0 aromatic heterocycles. The quantitative estimate of drug-likeness (QED) is 0.497. The summed E-state index contributed by atoms with van der Waals surface area (Å²) in [6.07, 6.45) is 0.460. The smallest absolute Gasteiger partial charge is 0.250 e. The van der Waals surface area contributed by atoms with E-state index in [2.05, 4.69) is 0 Å². The third-order valence-corrected chi connectivity index (χ3v) is 6.76. The van der Waals surface area contributed by atoms with Crippen molar-refractivity contribution in [2.24, 2.45) is 5.41 Å². The molecule has 0 atom stereocenters. The van der Waals surface area contributed by atoms with Crippen molar-refractivity contribution >= 4 is 27.5 Å². The highest BCUT2D eigenvalue weighted by Crippen LogP contribution is 2.33. The van der Waals surface area contributed by atoms with E-state index < -0.39 is 27.1 Å². The van der Waals surface area contributed by atoms with E-state index in [-0.39, 0.29) is 39.2 Å². The van der Waals surface area contributed by atoms with E-state index >= 15 is 0 Å². The zero-order chi connectivity index (χ0) is 19.2. The first-order valence-electron chi connectivity index (χ1n) is 8.14. The minimum Gasteiger partial charge on any atom is -0.492 e. The molecule has 1 fully saturated rings. The van der Waals surface area contributed by atoms with Crippen LogP contribution in [-0.2, 0) is 19.6 Å². The molecule has 0 radical (unpaired) electrons. The summed E-state index contributed by atoms with van der Waals surface area (Å²) in [6.45, 7) is 0.816. The van der Waals surface area contributed by atoms with Crippen LogP contribution >= 0.6 is 11.6 Å². The third kappa shape index (κ3) is 5.31. The van der Waals surface area contributed by atoms with Crippen LogP contribution < -0.4 is 10.2 Å². The molecule has 2 rings (SSSR count). The van der Waals surface area contributed by atoms with E-state index in [1.165, 1.54) is 7.05 Å². The summed E-state index contributed by atoms with van der Waals surface area (Å²) in [7, 11) is -2.29. The highest BCUT2D eigenvalue weighted by molar-refractivity contribution is 7.89. The van der Waals surface area contributed by atoms with Crippen LogP contribution in [0.1, 0.15) is 12.8 Å². The minimum atomic E-state index is -3.73. The number of likely N-dealkylation sites (N-methyl/N-ethyl adjacent to an activating group) is 1. The molecule has 2 N–H and O–H groups in total. The molecule has 0 aliphatic carbocycles. The second-order valence-corrected chi connectivity index (χ2v) is 8.73. The molecule has 0 bridgehead atoms. The molecule has 0 saturated carbocycles. The molecule has 0 spiro atoms. The number of rotatable bonds is 8. The summed E-state index contributed by atoms with van der Waals surface area (Å²) >= 11 is 5.80. The largest absolute Gasteiger partial charge is 0.492 e.